The van der Waals surface area contributed by atoms with Gasteiger partial charge < -0.3 is 64.4 Å². The molecule has 424 valence electrons. The van der Waals surface area contributed by atoms with Crippen molar-refractivity contribution in [2.24, 2.45) is 17.2 Å². The van der Waals surface area contributed by atoms with Crippen molar-refractivity contribution in [3.63, 3.8) is 0 Å². The number of nitrogens with one attached hydrogen (secondary N) is 6. The lowest BCUT2D eigenvalue weighted by molar-refractivity contribution is -0.118. The zero-order valence-corrected chi connectivity index (χ0v) is 45.5. The molecule has 19 heteroatoms. The zero-order chi connectivity index (χ0) is 56.5. The van der Waals surface area contributed by atoms with Gasteiger partial charge in [0.05, 0.1) is 19.8 Å². The molecule has 0 unspecified atom stereocenters. The van der Waals surface area contributed by atoms with E-state index in [9.17, 15) is 44.1 Å². The molecular formula is C61H74ClN9O9. The van der Waals surface area contributed by atoms with E-state index >= 15 is 0 Å². The zero-order valence-electron chi connectivity index (χ0n) is 44.7. The van der Waals surface area contributed by atoms with Crippen LogP contribution in [0.2, 0.25) is 0 Å². The molecule has 0 aliphatic rings. The van der Waals surface area contributed by atoms with Crippen LogP contribution < -0.4 is 49.1 Å². The lowest BCUT2D eigenvalue weighted by atomic mass is 9.85. The first-order valence-corrected chi connectivity index (χ1v) is 26.7. The van der Waals surface area contributed by atoms with Crippen LogP contribution in [0.5, 0.6) is 0 Å². The van der Waals surface area contributed by atoms with Crippen LogP contribution in [0.25, 0.3) is 0 Å². The van der Waals surface area contributed by atoms with Crippen LogP contribution in [-0.2, 0) is 34.2 Å². The van der Waals surface area contributed by atoms with Crippen LogP contribution in [0.1, 0.15) is 128 Å². The number of aliphatic hydroxyl groups excluding tert-OH is 3. The third-order valence-corrected chi connectivity index (χ3v) is 13.4. The molecule has 3 atom stereocenters. The number of nitrogens with two attached hydrogens (primary N) is 3. The van der Waals surface area contributed by atoms with Crippen molar-refractivity contribution in [1.29, 1.82) is 0 Å². The Morgan fingerprint density at radius 2 is 0.588 bits per heavy atom. The lowest BCUT2D eigenvalue weighted by Gasteiger charge is -2.22. The van der Waals surface area contributed by atoms with Crippen LogP contribution >= 0.6 is 12.4 Å². The van der Waals surface area contributed by atoms with Gasteiger partial charge >= 0.3 is 0 Å². The summed E-state index contributed by atoms with van der Waals surface area (Å²) in [7, 11) is 0. The highest BCUT2D eigenvalue weighted by Gasteiger charge is 2.26. The Kier molecular flexibility index (Phi) is 25.9. The molecule has 6 aromatic rings. The van der Waals surface area contributed by atoms with Gasteiger partial charge in [-0.2, -0.15) is 0 Å². The standard InChI is InChI=1S/C61H73N9O9.ClH/c62-34-4-1-7-52(68-56(74)46-16-10-40(37-71)11-17-46)59(77)65-49-28-22-43(23-29-49)55(44-24-30-50(31-25-44)66-60(78)53(8-2-5-35-63)69-57(75)47-18-12-41(38-72)13-19-47)45-26-32-51(33-27-45)67-61(79)54(9-3-6-36-64)70-58(76)48-20-14-42(39-73)15-21-48;/h10-33,52-55,71-73H,1-9,34-39,62-64H2,(H,65,77)(H,66,78)(H,67,79)(H,68,74)(H,69,75)(H,70,76);1H/t52-,53-,54-;/m1./s1. The second kappa shape index (κ2) is 32.9. The van der Waals surface area contributed by atoms with Crippen molar-refractivity contribution in [3.05, 3.63) is 196 Å². The van der Waals surface area contributed by atoms with Crippen molar-refractivity contribution < 1.29 is 44.1 Å². The van der Waals surface area contributed by atoms with Gasteiger partial charge in [0, 0.05) is 39.7 Å². The van der Waals surface area contributed by atoms with Crippen LogP contribution in [0.15, 0.2) is 146 Å². The first kappa shape index (κ1) is 63.0. The molecule has 0 aliphatic heterocycles. The summed E-state index contributed by atoms with van der Waals surface area (Å²) in [5, 5.41) is 45.8. The molecule has 6 aromatic carbocycles. The molecule has 6 rings (SSSR count). The number of hydrogen-bond acceptors (Lipinski definition) is 12. The van der Waals surface area contributed by atoms with Gasteiger partial charge in [-0.15, -0.1) is 12.4 Å². The minimum Gasteiger partial charge on any atom is -0.392 e. The predicted octanol–water partition coefficient (Wildman–Crippen LogP) is 6.36. The third-order valence-electron chi connectivity index (χ3n) is 13.4. The SMILES string of the molecule is Cl.NCCCC[C@@H](NC(=O)c1ccc(CO)cc1)C(=O)Nc1ccc(C(c2ccc(NC(=O)[C@@H](CCCCN)NC(=O)c3ccc(CO)cc3)cc2)c2ccc(NC(=O)[C@@H](CCCCN)NC(=O)c3ccc(CO)cc3)cc2)cc1. The van der Waals surface area contributed by atoms with E-state index in [1.807, 2.05) is 36.4 Å². The van der Waals surface area contributed by atoms with E-state index in [1.54, 1.807) is 109 Å². The Morgan fingerprint density at radius 3 is 0.800 bits per heavy atom. The number of carbonyl (C=O) groups is 6. The van der Waals surface area contributed by atoms with E-state index in [0.29, 0.717) is 128 Å². The van der Waals surface area contributed by atoms with Gasteiger partial charge in [-0.3, -0.25) is 28.8 Å². The van der Waals surface area contributed by atoms with Crippen LogP contribution in [-0.4, -0.2) is 88.5 Å². The fraction of sp³-hybridized carbons (Fsp3) is 0.311. The molecule has 0 bridgehead atoms. The fourth-order valence-electron chi connectivity index (χ4n) is 8.84. The number of hydrogen-bond donors (Lipinski definition) is 12. The van der Waals surface area contributed by atoms with Crippen molar-refractivity contribution >= 4 is 64.9 Å². The highest BCUT2D eigenvalue weighted by atomic mass is 35.5. The number of aliphatic hydroxyl groups is 3. The molecule has 0 saturated carbocycles. The number of rotatable bonds is 30. The van der Waals surface area contributed by atoms with Gasteiger partial charge in [0.2, 0.25) is 17.7 Å². The van der Waals surface area contributed by atoms with E-state index in [2.05, 4.69) is 31.9 Å². The Hall–Kier alpha value is -7.81. The highest BCUT2D eigenvalue weighted by Crippen LogP contribution is 2.34. The van der Waals surface area contributed by atoms with E-state index < -0.39 is 59.5 Å². The third kappa shape index (κ3) is 18.9. The summed E-state index contributed by atoms with van der Waals surface area (Å²) in [5.41, 5.74) is 24.2. The predicted molar refractivity (Wildman–Crippen MR) is 313 cm³/mol. The summed E-state index contributed by atoms with van der Waals surface area (Å²) in [6, 6.07) is 38.8. The number of unbranched alkanes of at least 4 members (excludes halogenated alkanes) is 3. The minimum absolute atomic E-state index is 0. The molecule has 0 radical (unpaired) electrons. The molecule has 0 aliphatic carbocycles. The minimum atomic E-state index is -0.869. The normalized spacial score (nSPS) is 12.0. The maximum atomic E-state index is 13.8. The number of halogens is 1. The van der Waals surface area contributed by atoms with Crippen molar-refractivity contribution in [3.8, 4) is 0 Å². The van der Waals surface area contributed by atoms with Gasteiger partial charge in [-0.25, -0.2) is 0 Å². The molecule has 0 heterocycles. The monoisotopic (exact) mass is 1110 g/mol. The highest BCUT2D eigenvalue weighted by molar-refractivity contribution is 6.03. The van der Waals surface area contributed by atoms with Crippen molar-refractivity contribution in [2.45, 2.75) is 102 Å². The van der Waals surface area contributed by atoms with Gasteiger partial charge in [-0.05, 0) is 184 Å². The Labute approximate surface area is 473 Å². The number of carbonyl (C=O) groups excluding carboxylic acids is 6. The summed E-state index contributed by atoms with van der Waals surface area (Å²) in [6.45, 7) is 0.795. The van der Waals surface area contributed by atoms with Crippen LogP contribution in [0, 0.1) is 0 Å². The Morgan fingerprint density at radius 1 is 0.350 bits per heavy atom. The molecule has 15 N–H and O–H groups in total. The quantitative estimate of drug-likeness (QED) is 0.0173. The molecule has 6 amide bonds. The molecule has 18 nitrogen and oxygen atoms in total. The second-order valence-electron chi connectivity index (χ2n) is 19.3. The average molecular weight is 1110 g/mol. The summed E-state index contributed by atoms with van der Waals surface area (Å²) in [5.74, 6) is -2.94. The van der Waals surface area contributed by atoms with E-state index in [-0.39, 0.29) is 32.2 Å². The summed E-state index contributed by atoms with van der Waals surface area (Å²) in [4.78, 5) is 81.3. The van der Waals surface area contributed by atoms with Crippen molar-refractivity contribution in [2.75, 3.05) is 35.6 Å². The maximum Gasteiger partial charge on any atom is 0.251 e. The van der Waals surface area contributed by atoms with Gasteiger partial charge in [0.25, 0.3) is 17.7 Å². The molecule has 80 heavy (non-hydrogen) atoms. The summed E-state index contributed by atoms with van der Waals surface area (Å²) < 4.78 is 0. The average Bonchev–Trinajstić information content (AvgIpc) is 3.52. The molecular weight excluding hydrogens is 1040 g/mol. The molecule has 0 saturated heterocycles. The Bertz CT molecular complexity index is 2590. The Balaban J connectivity index is 0.0000118. The first-order valence-electron chi connectivity index (χ1n) is 26.7. The van der Waals surface area contributed by atoms with Gasteiger partial charge in [0.1, 0.15) is 18.1 Å². The fourth-order valence-corrected chi connectivity index (χ4v) is 8.84. The molecule has 0 aromatic heterocycles. The molecule has 0 spiro atoms. The number of amides is 6. The van der Waals surface area contributed by atoms with Crippen LogP contribution in [0.3, 0.4) is 0 Å². The van der Waals surface area contributed by atoms with E-state index in [1.165, 1.54) is 0 Å². The number of benzene rings is 6. The smallest absolute Gasteiger partial charge is 0.251 e. The largest absolute Gasteiger partial charge is 0.392 e. The van der Waals surface area contributed by atoms with Gasteiger partial charge in [-0.1, -0.05) is 72.8 Å². The van der Waals surface area contributed by atoms with Gasteiger partial charge in [0.15, 0.2) is 0 Å². The van der Waals surface area contributed by atoms with E-state index in [0.717, 1.165) is 16.7 Å². The van der Waals surface area contributed by atoms with Crippen LogP contribution in [0.4, 0.5) is 17.1 Å². The van der Waals surface area contributed by atoms with Crippen molar-refractivity contribution in [1.82, 2.24) is 16.0 Å². The summed E-state index contributed by atoms with van der Waals surface area (Å²) in [6.07, 6.45) is 4.85. The second-order valence-corrected chi connectivity index (χ2v) is 19.3. The lowest BCUT2D eigenvalue weighted by Crippen LogP contribution is -2.43. The first-order chi connectivity index (χ1) is 38.4. The van der Waals surface area contributed by atoms with E-state index in [4.69, 9.17) is 17.2 Å². The topological polar surface area (TPSA) is 313 Å². The molecule has 0 fully saturated rings. The number of anilines is 3. The maximum absolute atomic E-state index is 13.8. The summed E-state index contributed by atoms with van der Waals surface area (Å²) >= 11 is 0.